The topological polar surface area (TPSA) is 12.0 Å². The molecule has 3 unspecified atom stereocenters. The molecule has 0 saturated heterocycles. The van der Waals surface area contributed by atoms with Gasteiger partial charge in [0, 0.05) is 5.02 Å². The Bertz CT molecular complexity index is 364. The minimum Gasteiger partial charge on any atom is -0.319 e. The van der Waals surface area contributed by atoms with E-state index in [2.05, 4.69) is 30.4 Å². The van der Waals surface area contributed by atoms with Gasteiger partial charge in [0.15, 0.2) is 0 Å². The molecule has 1 aromatic carbocycles. The fourth-order valence-corrected chi connectivity index (χ4v) is 3.29. The van der Waals surface area contributed by atoms with Crippen molar-refractivity contribution in [2.24, 2.45) is 11.8 Å². The molecule has 1 saturated carbocycles. The highest BCUT2D eigenvalue weighted by Crippen LogP contribution is 2.40. The molecule has 2 rings (SSSR count). The third-order valence-corrected chi connectivity index (χ3v) is 4.23. The minimum absolute atomic E-state index is 0.671. The molecule has 3 atom stereocenters. The summed E-state index contributed by atoms with van der Waals surface area (Å²) >= 11 is 6.11. The maximum atomic E-state index is 6.11. The van der Waals surface area contributed by atoms with E-state index in [9.17, 15) is 0 Å². The number of benzene rings is 1. The maximum absolute atomic E-state index is 6.11. The predicted octanol–water partition coefficient (Wildman–Crippen LogP) is 4.08. The Morgan fingerprint density at radius 1 is 1.35 bits per heavy atom. The summed E-state index contributed by atoms with van der Waals surface area (Å²) in [6.45, 7) is 3.48. The van der Waals surface area contributed by atoms with E-state index in [0.717, 1.165) is 23.4 Å². The normalized spacial score (nSPS) is 29.2. The molecule has 0 radical (unpaired) electrons. The van der Waals surface area contributed by atoms with E-state index < -0.39 is 0 Å². The third kappa shape index (κ3) is 3.23. The van der Waals surface area contributed by atoms with Crippen LogP contribution in [0, 0.1) is 11.8 Å². The Kier molecular flexibility index (Phi) is 4.47. The summed E-state index contributed by atoms with van der Waals surface area (Å²) in [4.78, 5) is 0. The van der Waals surface area contributed by atoms with Crippen molar-refractivity contribution in [3.8, 4) is 0 Å². The van der Waals surface area contributed by atoms with E-state index in [1.165, 1.54) is 24.8 Å². The van der Waals surface area contributed by atoms with Crippen LogP contribution in [0.4, 0.5) is 0 Å². The van der Waals surface area contributed by atoms with Gasteiger partial charge in [0.25, 0.3) is 0 Å². The van der Waals surface area contributed by atoms with Gasteiger partial charge in [-0.15, -0.1) is 0 Å². The Labute approximate surface area is 110 Å². The van der Waals surface area contributed by atoms with Gasteiger partial charge < -0.3 is 5.32 Å². The molecule has 0 aromatic heterocycles. The van der Waals surface area contributed by atoms with E-state index >= 15 is 0 Å². The predicted molar refractivity (Wildman–Crippen MR) is 74.6 cm³/mol. The fourth-order valence-electron chi connectivity index (χ4n) is 3.10. The van der Waals surface area contributed by atoms with Gasteiger partial charge in [0.1, 0.15) is 0 Å². The van der Waals surface area contributed by atoms with E-state index in [1.54, 1.807) is 0 Å². The number of hydrogen-bond donors (Lipinski definition) is 1. The van der Waals surface area contributed by atoms with Gasteiger partial charge in [-0.3, -0.25) is 0 Å². The van der Waals surface area contributed by atoms with Crippen LogP contribution in [-0.2, 0) is 0 Å². The average molecular weight is 252 g/mol. The first kappa shape index (κ1) is 12.9. The van der Waals surface area contributed by atoms with Gasteiger partial charge in [-0.1, -0.05) is 37.1 Å². The zero-order valence-corrected chi connectivity index (χ0v) is 11.5. The van der Waals surface area contributed by atoms with Crippen LogP contribution >= 0.6 is 11.6 Å². The zero-order chi connectivity index (χ0) is 12.3. The van der Waals surface area contributed by atoms with Crippen LogP contribution in [0.25, 0.3) is 0 Å². The summed E-state index contributed by atoms with van der Waals surface area (Å²) in [5.41, 5.74) is 1.42. The Balaban J connectivity index is 2.19. The van der Waals surface area contributed by atoms with Crippen molar-refractivity contribution in [2.75, 3.05) is 13.6 Å². The number of nitrogens with one attached hydrogen (secondary N) is 1. The van der Waals surface area contributed by atoms with Crippen molar-refractivity contribution in [2.45, 2.75) is 32.1 Å². The first-order chi connectivity index (χ1) is 8.20. The third-order valence-electron chi connectivity index (χ3n) is 4.00. The van der Waals surface area contributed by atoms with Gasteiger partial charge in [-0.2, -0.15) is 0 Å². The van der Waals surface area contributed by atoms with Crippen molar-refractivity contribution in [3.63, 3.8) is 0 Å². The molecule has 1 fully saturated rings. The molecule has 17 heavy (non-hydrogen) atoms. The lowest BCUT2D eigenvalue weighted by Crippen LogP contribution is -2.29. The molecule has 0 heterocycles. The minimum atomic E-state index is 0.671. The van der Waals surface area contributed by atoms with Gasteiger partial charge in [0.05, 0.1) is 0 Å². The summed E-state index contributed by atoms with van der Waals surface area (Å²) in [6, 6.07) is 8.42. The van der Waals surface area contributed by atoms with Crippen LogP contribution in [0.5, 0.6) is 0 Å². The molecule has 1 aromatic rings. The summed E-state index contributed by atoms with van der Waals surface area (Å²) in [7, 11) is 2.05. The van der Waals surface area contributed by atoms with Crippen LogP contribution in [0.3, 0.4) is 0 Å². The molecule has 1 aliphatic carbocycles. The van der Waals surface area contributed by atoms with Crippen LogP contribution in [0.1, 0.15) is 37.7 Å². The van der Waals surface area contributed by atoms with E-state index in [0.29, 0.717) is 5.92 Å². The molecule has 0 bridgehead atoms. The van der Waals surface area contributed by atoms with Crippen molar-refractivity contribution in [1.29, 1.82) is 0 Å². The average Bonchev–Trinajstić information content (AvgIpc) is 2.32. The molecule has 1 nitrogen and oxygen atoms in total. The van der Waals surface area contributed by atoms with Crippen LogP contribution in [-0.4, -0.2) is 13.6 Å². The number of rotatable bonds is 3. The molecule has 2 heteroatoms. The fraction of sp³-hybridized carbons (Fsp3) is 0.600. The first-order valence-corrected chi connectivity index (χ1v) is 6.98. The van der Waals surface area contributed by atoms with Crippen LogP contribution < -0.4 is 5.32 Å². The Hall–Kier alpha value is -0.530. The standard InChI is InChI=1S/C15H22ClN/c1-11-6-7-13(10-17-2)15(8-11)12-4-3-5-14(16)9-12/h3-5,9,11,13,15,17H,6-8,10H2,1-2H3. The lowest BCUT2D eigenvalue weighted by molar-refractivity contribution is 0.245. The monoisotopic (exact) mass is 251 g/mol. The van der Waals surface area contributed by atoms with Gasteiger partial charge in [0.2, 0.25) is 0 Å². The van der Waals surface area contributed by atoms with Crippen molar-refractivity contribution in [1.82, 2.24) is 5.32 Å². The second-order valence-corrected chi connectivity index (χ2v) is 5.83. The highest BCUT2D eigenvalue weighted by molar-refractivity contribution is 6.30. The summed E-state index contributed by atoms with van der Waals surface area (Å²) in [5, 5.41) is 4.20. The van der Waals surface area contributed by atoms with E-state index in [4.69, 9.17) is 11.6 Å². The van der Waals surface area contributed by atoms with Crippen molar-refractivity contribution < 1.29 is 0 Å². The molecular formula is C15H22ClN. The highest BCUT2D eigenvalue weighted by atomic mass is 35.5. The lowest BCUT2D eigenvalue weighted by atomic mass is 9.71. The SMILES string of the molecule is CNCC1CCC(C)CC1c1cccc(Cl)c1. The zero-order valence-electron chi connectivity index (χ0n) is 10.7. The van der Waals surface area contributed by atoms with Crippen LogP contribution in [0.15, 0.2) is 24.3 Å². The number of hydrogen-bond acceptors (Lipinski definition) is 1. The first-order valence-electron chi connectivity index (χ1n) is 6.60. The molecular weight excluding hydrogens is 230 g/mol. The molecule has 0 aliphatic heterocycles. The van der Waals surface area contributed by atoms with E-state index in [-0.39, 0.29) is 0 Å². The molecule has 0 spiro atoms. The largest absolute Gasteiger partial charge is 0.319 e. The summed E-state index contributed by atoms with van der Waals surface area (Å²) in [5.74, 6) is 2.27. The van der Waals surface area contributed by atoms with Gasteiger partial charge in [-0.25, -0.2) is 0 Å². The van der Waals surface area contributed by atoms with E-state index in [1.807, 2.05) is 13.1 Å². The second-order valence-electron chi connectivity index (χ2n) is 5.40. The summed E-state index contributed by atoms with van der Waals surface area (Å²) < 4.78 is 0. The summed E-state index contributed by atoms with van der Waals surface area (Å²) in [6.07, 6.45) is 4.00. The van der Waals surface area contributed by atoms with Gasteiger partial charge >= 0.3 is 0 Å². The van der Waals surface area contributed by atoms with Crippen molar-refractivity contribution >= 4 is 11.6 Å². The molecule has 1 N–H and O–H groups in total. The smallest absolute Gasteiger partial charge is 0.0408 e. The lowest BCUT2D eigenvalue weighted by Gasteiger charge is -2.35. The highest BCUT2D eigenvalue weighted by Gasteiger charge is 2.29. The molecule has 1 aliphatic rings. The molecule has 0 amide bonds. The van der Waals surface area contributed by atoms with Gasteiger partial charge in [-0.05, 0) is 61.9 Å². The second kappa shape index (κ2) is 5.88. The quantitative estimate of drug-likeness (QED) is 0.854. The Morgan fingerprint density at radius 2 is 2.18 bits per heavy atom. The maximum Gasteiger partial charge on any atom is 0.0408 e. The Morgan fingerprint density at radius 3 is 2.88 bits per heavy atom. The molecule has 94 valence electrons. The number of halogens is 1. The van der Waals surface area contributed by atoms with Crippen LogP contribution in [0.2, 0.25) is 5.02 Å². The van der Waals surface area contributed by atoms with Crippen molar-refractivity contribution in [3.05, 3.63) is 34.9 Å².